The van der Waals surface area contributed by atoms with Crippen LogP contribution in [0.1, 0.15) is 11.4 Å². The van der Waals surface area contributed by atoms with Crippen molar-refractivity contribution < 1.29 is 4.39 Å². The molecule has 0 aliphatic carbocycles. The fourth-order valence-corrected chi connectivity index (χ4v) is 3.32. The molecule has 0 saturated carbocycles. The molecule has 0 spiro atoms. The lowest BCUT2D eigenvalue weighted by Crippen LogP contribution is -2.01. The van der Waals surface area contributed by atoms with Crippen LogP contribution in [-0.2, 0) is 6.42 Å². The summed E-state index contributed by atoms with van der Waals surface area (Å²) in [5, 5.41) is 3.48. The summed E-state index contributed by atoms with van der Waals surface area (Å²) in [6, 6.07) is 14.1. The molecule has 0 aliphatic heterocycles. The van der Waals surface area contributed by atoms with E-state index in [1.54, 1.807) is 29.7 Å². The summed E-state index contributed by atoms with van der Waals surface area (Å²) in [5.41, 5.74) is 2.78. The van der Waals surface area contributed by atoms with Gasteiger partial charge in [-0.2, -0.15) is 0 Å². The molecule has 0 N–H and O–H groups in total. The number of hydrogen-bond donors (Lipinski definition) is 0. The summed E-state index contributed by atoms with van der Waals surface area (Å²) >= 11 is 7.55. The van der Waals surface area contributed by atoms with Crippen LogP contribution in [0, 0.1) is 5.82 Å². The average Bonchev–Trinajstić information content (AvgIpc) is 3.27. The van der Waals surface area contributed by atoms with E-state index in [-0.39, 0.29) is 5.82 Å². The van der Waals surface area contributed by atoms with E-state index >= 15 is 0 Å². The highest BCUT2D eigenvalue weighted by Crippen LogP contribution is 2.25. The fraction of sp³-hybridized carbons (Fsp3) is 0.0526. The SMILES string of the molecule is Fc1ccc(Cc2nc(-c3nccs3)cn2-c2ccc(Cl)cc2)cc1. The largest absolute Gasteiger partial charge is 0.303 e. The minimum atomic E-state index is -0.242. The summed E-state index contributed by atoms with van der Waals surface area (Å²) in [5.74, 6) is 0.618. The number of rotatable bonds is 4. The van der Waals surface area contributed by atoms with Crippen LogP contribution in [0.3, 0.4) is 0 Å². The Hall–Kier alpha value is -2.50. The van der Waals surface area contributed by atoms with Crippen molar-refractivity contribution in [1.82, 2.24) is 14.5 Å². The van der Waals surface area contributed by atoms with Crippen LogP contribution in [0.15, 0.2) is 66.3 Å². The number of imidazole rings is 1. The number of aromatic nitrogens is 3. The predicted octanol–water partition coefficient (Wildman–Crippen LogP) is 5.38. The van der Waals surface area contributed by atoms with Crippen molar-refractivity contribution in [2.24, 2.45) is 0 Å². The van der Waals surface area contributed by atoms with Crippen molar-refractivity contribution in [3.05, 3.63) is 88.5 Å². The summed E-state index contributed by atoms with van der Waals surface area (Å²) in [7, 11) is 0. The zero-order valence-electron chi connectivity index (χ0n) is 13.1. The second-order valence-electron chi connectivity index (χ2n) is 5.53. The third-order valence-corrected chi connectivity index (χ3v) is 4.86. The van der Waals surface area contributed by atoms with Crippen LogP contribution in [0.2, 0.25) is 5.02 Å². The number of halogens is 2. The molecule has 124 valence electrons. The molecule has 0 radical (unpaired) electrons. The van der Waals surface area contributed by atoms with E-state index in [4.69, 9.17) is 16.6 Å². The average molecular weight is 370 g/mol. The highest BCUT2D eigenvalue weighted by atomic mass is 35.5. The molecule has 0 fully saturated rings. The standard InChI is InChI=1S/C19H13ClFN3S/c20-14-3-7-16(8-4-14)24-12-17(19-22-9-10-25-19)23-18(24)11-13-1-5-15(21)6-2-13/h1-10,12H,11H2. The van der Waals surface area contributed by atoms with E-state index in [0.29, 0.717) is 11.4 Å². The van der Waals surface area contributed by atoms with Crippen LogP contribution in [0.4, 0.5) is 4.39 Å². The Morgan fingerprint density at radius 3 is 2.48 bits per heavy atom. The lowest BCUT2D eigenvalue weighted by molar-refractivity contribution is 0.627. The van der Waals surface area contributed by atoms with E-state index in [1.807, 2.05) is 40.4 Å². The van der Waals surface area contributed by atoms with Gasteiger partial charge in [0, 0.05) is 34.9 Å². The quantitative estimate of drug-likeness (QED) is 0.483. The van der Waals surface area contributed by atoms with Gasteiger partial charge in [-0.1, -0.05) is 23.7 Å². The molecule has 25 heavy (non-hydrogen) atoms. The van der Waals surface area contributed by atoms with Crippen LogP contribution in [0.5, 0.6) is 0 Å². The smallest absolute Gasteiger partial charge is 0.143 e. The Morgan fingerprint density at radius 2 is 1.80 bits per heavy atom. The highest BCUT2D eigenvalue weighted by Gasteiger charge is 2.13. The first-order valence-corrected chi connectivity index (χ1v) is 8.93. The van der Waals surface area contributed by atoms with Crippen LogP contribution in [0.25, 0.3) is 16.4 Å². The Balaban J connectivity index is 1.77. The molecule has 0 amide bonds. The second-order valence-corrected chi connectivity index (χ2v) is 6.86. The van der Waals surface area contributed by atoms with E-state index in [9.17, 15) is 4.39 Å². The molecule has 2 aromatic heterocycles. The lowest BCUT2D eigenvalue weighted by Gasteiger charge is -2.08. The number of thiazole rings is 1. The van der Waals surface area contributed by atoms with Gasteiger partial charge < -0.3 is 4.57 Å². The lowest BCUT2D eigenvalue weighted by atomic mass is 10.1. The predicted molar refractivity (Wildman–Crippen MR) is 98.9 cm³/mol. The molecule has 6 heteroatoms. The van der Waals surface area contributed by atoms with Crippen LogP contribution >= 0.6 is 22.9 Å². The van der Waals surface area contributed by atoms with Crippen molar-refractivity contribution in [2.45, 2.75) is 6.42 Å². The van der Waals surface area contributed by atoms with Gasteiger partial charge >= 0.3 is 0 Å². The molecule has 2 aromatic carbocycles. The number of benzene rings is 2. The van der Waals surface area contributed by atoms with Gasteiger partial charge in [-0.25, -0.2) is 14.4 Å². The Labute approximate surface area is 153 Å². The van der Waals surface area contributed by atoms with Crippen molar-refractivity contribution in [2.75, 3.05) is 0 Å². The maximum atomic E-state index is 13.2. The van der Waals surface area contributed by atoms with E-state index in [1.165, 1.54) is 12.1 Å². The molecule has 4 aromatic rings. The summed E-state index contributed by atoms with van der Waals surface area (Å²) in [6.45, 7) is 0. The van der Waals surface area contributed by atoms with E-state index in [0.717, 1.165) is 27.8 Å². The molecular formula is C19H13ClFN3S. The molecule has 0 aliphatic rings. The Bertz CT molecular complexity index is 977. The van der Waals surface area contributed by atoms with Crippen molar-refractivity contribution >= 4 is 22.9 Å². The number of nitrogens with zero attached hydrogens (tertiary/aromatic N) is 3. The molecule has 0 unspecified atom stereocenters. The van der Waals surface area contributed by atoms with Crippen LogP contribution < -0.4 is 0 Å². The van der Waals surface area contributed by atoms with Gasteiger partial charge in [0.05, 0.1) is 0 Å². The van der Waals surface area contributed by atoms with Gasteiger partial charge in [0.1, 0.15) is 22.3 Å². The minimum Gasteiger partial charge on any atom is -0.303 e. The highest BCUT2D eigenvalue weighted by molar-refractivity contribution is 7.13. The third-order valence-electron chi connectivity index (χ3n) is 3.81. The Kier molecular flexibility index (Phi) is 4.34. The maximum Gasteiger partial charge on any atom is 0.143 e. The van der Waals surface area contributed by atoms with Crippen LogP contribution in [-0.4, -0.2) is 14.5 Å². The summed E-state index contributed by atoms with van der Waals surface area (Å²) in [6.07, 6.45) is 4.33. The van der Waals surface area contributed by atoms with Gasteiger partial charge in [-0.3, -0.25) is 0 Å². The first-order chi connectivity index (χ1) is 12.2. The first-order valence-electron chi connectivity index (χ1n) is 7.67. The number of hydrogen-bond acceptors (Lipinski definition) is 3. The molecule has 0 atom stereocenters. The van der Waals surface area contributed by atoms with Crippen molar-refractivity contribution in [3.63, 3.8) is 0 Å². The van der Waals surface area contributed by atoms with Gasteiger partial charge in [-0.05, 0) is 42.0 Å². The molecule has 0 bridgehead atoms. The first kappa shape index (κ1) is 16.0. The normalized spacial score (nSPS) is 11.0. The fourth-order valence-electron chi connectivity index (χ4n) is 2.61. The van der Waals surface area contributed by atoms with E-state index in [2.05, 4.69) is 4.98 Å². The topological polar surface area (TPSA) is 30.7 Å². The molecular weight excluding hydrogens is 357 g/mol. The molecule has 0 saturated heterocycles. The van der Waals surface area contributed by atoms with E-state index < -0.39 is 0 Å². The third kappa shape index (κ3) is 3.48. The zero-order chi connectivity index (χ0) is 17.2. The van der Waals surface area contributed by atoms with Crippen molar-refractivity contribution in [1.29, 1.82) is 0 Å². The second kappa shape index (κ2) is 6.78. The van der Waals surface area contributed by atoms with Gasteiger partial charge in [0.25, 0.3) is 0 Å². The monoisotopic (exact) mass is 369 g/mol. The molecule has 3 nitrogen and oxygen atoms in total. The van der Waals surface area contributed by atoms with Crippen molar-refractivity contribution in [3.8, 4) is 16.4 Å². The zero-order valence-corrected chi connectivity index (χ0v) is 14.6. The van der Waals surface area contributed by atoms with Gasteiger partial charge in [-0.15, -0.1) is 11.3 Å². The van der Waals surface area contributed by atoms with Gasteiger partial charge in [0.2, 0.25) is 0 Å². The molecule has 4 rings (SSSR count). The summed E-state index contributed by atoms with van der Waals surface area (Å²) in [4.78, 5) is 9.09. The summed E-state index contributed by atoms with van der Waals surface area (Å²) < 4.78 is 15.2. The van der Waals surface area contributed by atoms with Gasteiger partial charge in [0.15, 0.2) is 0 Å². The molecule has 2 heterocycles. The maximum absolute atomic E-state index is 13.2. The Morgan fingerprint density at radius 1 is 1.04 bits per heavy atom. The minimum absolute atomic E-state index is 0.242.